The van der Waals surface area contributed by atoms with E-state index in [9.17, 15) is 9.18 Å². The second-order valence-electron chi connectivity index (χ2n) is 5.65. The zero-order chi connectivity index (χ0) is 19.9. The highest BCUT2D eigenvalue weighted by Gasteiger charge is 2.09. The Balaban J connectivity index is 1.73. The number of nitrogens with one attached hydrogen (secondary N) is 1. The molecule has 1 aromatic heterocycles. The molecule has 0 bridgehead atoms. The topological polar surface area (TPSA) is 85.7 Å². The second kappa shape index (κ2) is 8.72. The average molecular weight is 380 g/mol. The lowest BCUT2D eigenvalue weighted by Crippen LogP contribution is -2.19. The molecule has 0 saturated heterocycles. The predicted octanol–water partition coefficient (Wildman–Crippen LogP) is 3.06. The summed E-state index contributed by atoms with van der Waals surface area (Å²) in [5, 5.41) is 3.92. The average Bonchev–Trinajstić information content (AvgIpc) is 2.73. The highest BCUT2D eigenvalue weighted by molar-refractivity contribution is 5.93. The van der Waals surface area contributed by atoms with Crippen molar-refractivity contribution in [2.45, 2.75) is 0 Å². The van der Waals surface area contributed by atoms with Gasteiger partial charge in [0.15, 0.2) is 0 Å². The van der Waals surface area contributed by atoms with E-state index in [2.05, 4.69) is 20.5 Å². The Labute approximate surface area is 160 Å². The monoisotopic (exact) mass is 380 g/mol. The molecule has 0 spiro atoms. The minimum Gasteiger partial charge on any atom is -0.497 e. The van der Waals surface area contributed by atoms with Crippen LogP contribution in [0.2, 0.25) is 0 Å². The maximum atomic E-state index is 13.4. The highest BCUT2D eigenvalue weighted by atomic mass is 19.1. The summed E-state index contributed by atoms with van der Waals surface area (Å²) in [6, 6.07) is 11.1. The van der Waals surface area contributed by atoms with Gasteiger partial charge in [-0.05, 0) is 24.3 Å². The van der Waals surface area contributed by atoms with E-state index >= 15 is 0 Å². The van der Waals surface area contributed by atoms with Gasteiger partial charge < -0.3 is 9.47 Å². The van der Waals surface area contributed by atoms with Crippen molar-refractivity contribution >= 4 is 12.1 Å². The number of rotatable bonds is 6. The molecule has 2 aromatic carbocycles. The fourth-order valence-corrected chi connectivity index (χ4v) is 2.39. The van der Waals surface area contributed by atoms with Crippen molar-refractivity contribution in [2.24, 2.45) is 5.10 Å². The SMILES string of the molecule is COc1cc(C=NNC(=O)c2cncc(-c3cccc(F)c3)n2)cc(OC)c1. The van der Waals surface area contributed by atoms with Crippen LogP contribution in [0.5, 0.6) is 11.5 Å². The standard InChI is InChI=1S/C20H17FN4O3/c1-27-16-6-13(7-17(9-16)28-2)10-23-25-20(26)19-12-22-11-18(24-19)14-4-3-5-15(21)8-14/h3-12H,1-2H3,(H,25,26). The first kappa shape index (κ1) is 19.0. The lowest BCUT2D eigenvalue weighted by molar-refractivity contribution is 0.0950. The van der Waals surface area contributed by atoms with Crippen LogP contribution in [-0.4, -0.2) is 36.3 Å². The summed E-state index contributed by atoms with van der Waals surface area (Å²) in [4.78, 5) is 20.5. The van der Waals surface area contributed by atoms with Gasteiger partial charge in [0.1, 0.15) is 23.0 Å². The summed E-state index contributed by atoms with van der Waals surface area (Å²) >= 11 is 0. The van der Waals surface area contributed by atoms with Crippen LogP contribution in [0.15, 0.2) is 60.0 Å². The Kier molecular flexibility index (Phi) is 5.91. The Hall–Kier alpha value is -3.81. The number of benzene rings is 2. The Morgan fingerprint density at radius 1 is 1.11 bits per heavy atom. The largest absolute Gasteiger partial charge is 0.497 e. The third-order valence-electron chi connectivity index (χ3n) is 3.74. The molecule has 0 saturated carbocycles. The van der Waals surface area contributed by atoms with Crippen LogP contribution in [0.25, 0.3) is 11.3 Å². The van der Waals surface area contributed by atoms with Crippen molar-refractivity contribution in [3.05, 3.63) is 71.9 Å². The van der Waals surface area contributed by atoms with Gasteiger partial charge >= 0.3 is 0 Å². The lowest BCUT2D eigenvalue weighted by atomic mass is 10.1. The normalized spacial score (nSPS) is 10.7. The van der Waals surface area contributed by atoms with Crippen LogP contribution in [0.3, 0.4) is 0 Å². The molecule has 1 amide bonds. The number of methoxy groups -OCH3 is 2. The second-order valence-corrected chi connectivity index (χ2v) is 5.65. The van der Waals surface area contributed by atoms with Gasteiger partial charge in [-0.25, -0.2) is 14.8 Å². The molecule has 1 heterocycles. The number of hydrazone groups is 1. The van der Waals surface area contributed by atoms with Crippen molar-refractivity contribution in [3.63, 3.8) is 0 Å². The van der Waals surface area contributed by atoms with Gasteiger partial charge in [-0.15, -0.1) is 0 Å². The number of halogens is 1. The Bertz CT molecular complexity index is 1000. The van der Waals surface area contributed by atoms with Crippen LogP contribution in [0.1, 0.15) is 16.1 Å². The van der Waals surface area contributed by atoms with Crippen LogP contribution in [-0.2, 0) is 0 Å². The van der Waals surface area contributed by atoms with E-state index < -0.39 is 11.7 Å². The third kappa shape index (κ3) is 4.67. The molecule has 142 valence electrons. The number of nitrogens with zero attached hydrogens (tertiary/aromatic N) is 3. The van der Waals surface area contributed by atoms with Gasteiger partial charge in [-0.3, -0.25) is 9.78 Å². The highest BCUT2D eigenvalue weighted by Crippen LogP contribution is 2.21. The predicted molar refractivity (Wildman–Crippen MR) is 102 cm³/mol. The number of carbonyl (C=O) groups excluding carboxylic acids is 1. The number of carbonyl (C=O) groups is 1. The molecule has 0 fully saturated rings. The minimum atomic E-state index is -0.545. The maximum absolute atomic E-state index is 13.4. The van der Waals surface area contributed by atoms with Crippen LogP contribution >= 0.6 is 0 Å². The van der Waals surface area contributed by atoms with Crippen molar-refractivity contribution in [3.8, 4) is 22.8 Å². The number of ether oxygens (including phenoxy) is 2. The van der Waals surface area contributed by atoms with Gasteiger partial charge in [-0.1, -0.05) is 12.1 Å². The molecule has 7 nitrogen and oxygen atoms in total. The molecule has 8 heteroatoms. The quantitative estimate of drug-likeness (QED) is 0.525. The first-order chi connectivity index (χ1) is 13.6. The molecular weight excluding hydrogens is 363 g/mol. The number of aromatic nitrogens is 2. The Morgan fingerprint density at radius 2 is 1.86 bits per heavy atom. The number of hydrogen-bond acceptors (Lipinski definition) is 6. The lowest BCUT2D eigenvalue weighted by Gasteiger charge is -2.06. The van der Waals surface area contributed by atoms with Gasteiger partial charge in [0, 0.05) is 17.2 Å². The fraction of sp³-hybridized carbons (Fsp3) is 0.100. The Morgan fingerprint density at radius 3 is 2.54 bits per heavy atom. The van der Waals surface area contributed by atoms with Crippen LogP contribution in [0, 0.1) is 5.82 Å². The minimum absolute atomic E-state index is 0.0575. The van der Waals surface area contributed by atoms with E-state index in [1.807, 2.05) is 0 Å². The molecule has 3 aromatic rings. The van der Waals surface area contributed by atoms with E-state index in [0.717, 1.165) is 0 Å². The summed E-state index contributed by atoms with van der Waals surface area (Å²) in [5.74, 6) is 0.255. The molecule has 0 unspecified atom stereocenters. The van der Waals surface area contributed by atoms with Gasteiger partial charge in [0.25, 0.3) is 5.91 Å². The molecular formula is C20H17FN4O3. The zero-order valence-electron chi connectivity index (χ0n) is 15.2. The van der Waals surface area contributed by atoms with E-state index in [1.165, 1.54) is 30.7 Å². The van der Waals surface area contributed by atoms with Gasteiger partial charge in [-0.2, -0.15) is 5.10 Å². The smallest absolute Gasteiger partial charge is 0.291 e. The molecule has 1 N–H and O–H groups in total. The molecule has 0 aliphatic carbocycles. The molecule has 0 atom stereocenters. The van der Waals surface area contributed by atoms with Gasteiger partial charge in [0.05, 0.1) is 38.5 Å². The molecule has 3 rings (SSSR count). The zero-order valence-corrected chi connectivity index (χ0v) is 15.2. The van der Waals surface area contributed by atoms with E-state index in [0.29, 0.717) is 28.3 Å². The number of hydrogen-bond donors (Lipinski definition) is 1. The maximum Gasteiger partial charge on any atom is 0.291 e. The summed E-state index contributed by atoms with van der Waals surface area (Å²) in [7, 11) is 3.09. The van der Waals surface area contributed by atoms with Crippen molar-refractivity contribution < 1.29 is 18.7 Å². The first-order valence-corrected chi connectivity index (χ1v) is 8.23. The van der Waals surface area contributed by atoms with Gasteiger partial charge in [0.2, 0.25) is 0 Å². The van der Waals surface area contributed by atoms with Crippen molar-refractivity contribution in [1.82, 2.24) is 15.4 Å². The van der Waals surface area contributed by atoms with E-state index in [1.54, 1.807) is 44.6 Å². The summed E-state index contributed by atoms with van der Waals surface area (Å²) < 4.78 is 23.8. The number of amides is 1. The molecule has 28 heavy (non-hydrogen) atoms. The molecule has 0 radical (unpaired) electrons. The summed E-state index contributed by atoms with van der Waals surface area (Å²) in [6.45, 7) is 0. The van der Waals surface area contributed by atoms with E-state index in [4.69, 9.17) is 9.47 Å². The third-order valence-corrected chi connectivity index (χ3v) is 3.74. The van der Waals surface area contributed by atoms with E-state index in [-0.39, 0.29) is 5.69 Å². The summed E-state index contributed by atoms with van der Waals surface area (Å²) in [5.41, 5.74) is 4.02. The molecule has 0 aliphatic heterocycles. The molecule has 0 aliphatic rings. The van der Waals surface area contributed by atoms with Crippen molar-refractivity contribution in [2.75, 3.05) is 14.2 Å². The van der Waals surface area contributed by atoms with Crippen LogP contribution < -0.4 is 14.9 Å². The van der Waals surface area contributed by atoms with Crippen LogP contribution in [0.4, 0.5) is 4.39 Å². The summed E-state index contributed by atoms with van der Waals surface area (Å²) in [6.07, 6.45) is 4.21. The fourth-order valence-electron chi connectivity index (χ4n) is 2.39. The van der Waals surface area contributed by atoms with Crippen molar-refractivity contribution in [1.29, 1.82) is 0 Å². The first-order valence-electron chi connectivity index (χ1n) is 8.23.